The monoisotopic (exact) mass is 872 g/mol. The van der Waals surface area contributed by atoms with Crippen molar-refractivity contribution < 1.29 is 9.47 Å². The molecule has 14 rings (SSSR count). The van der Waals surface area contributed by atoms with Gasteiger partial charge in [0.15, 0.2) is 0 Å². The average Bonchev–Trinajstić information content (AvgIpc) is 3.39. The Labute approximate surface area is 394 Å². The molecule has 4 aliphatic heterocycles. The summed E-state index contributed by atoms with van der Waals surface area (Å²) in [6, 6.07) is 83.1. The third-order valence-electron chi connectivity index (χ3n) is 13.8. The van der Waals surface area contributed by atoms with Gasteiger partial charge in [-0.1, -0.05) is 175 Å². The van der Waals surface area contributed by atoms with Crippen molar-refractivity contribution in [3.63, 3.8) is 0 Å². The van der Waals surface area contributed by atoms with Crippen LogP contribution >= 0.6 is 11.8 Å². The second-order valence-electron chi connectivity index (χ2n) is 17.6. The summed E-state index contributed by atoms with van der Waals surface area (Å²) in [6.07, 6.45) is 0. The third-order valence-corrected chi connectivity index (χ3v) is 14.9. The zero-order valence-corrected chi connectivity index (χ0v) is 37.0. The summed E-state index contributed by atoms with van der Waals surface area (Å²) in [5, 5.41) is 0. The first-order valence-corrected chi connectivity index (χ1v) is 23.7. The molecule has 67 heavy (non-hydrogen) atoms. The molecular weight excluding hydrogens is 834 g/mol. The molecule has 0 unspecified atom stereocenters. The van der Waals surface area contributed by atoms with E-state index in [2.05, 4.69) is 240 Å². The average molecular weight is 873 g/mol. The van der Waals surface area contributed by atoms with Crippen molar-refractivity contribution in [2.24, 2.45) is 0 Å². The summed E-state index contributed by atoms with van der Waals surface area (Å²) in [5.41, 5.74) is 18.4. The zero-order chi connectivity index (χ0) is 44.0. The predicted molar refractivity (Wildman–Crippen MR) is 280 cm³/mol. The van der Waals surface area contributed by atoms with E-state index >= 15 is 0 Å². The van der Waals surface area contributed by atoms with Crippen LogP contribution in [0.5, 0.6) is 23.0 Å². The van der Waals surface area contributed by atoms with Gasteiger partial charge in [-0.15, -0.1) is 0 Å². The molecule has 0 aromatic heterocycles. The summed E-state index contributed by atoms with van der Waals surface area (Å²) < 4.78 is 14.0. The van der Waals surface area contributed by atoms with Crippen LogP contribution in [-0.4, -0.2) is 13.4 Å². The maximum Gasteiger partial charge on any atom is 0.256 e. The Kier molecular flexibility index (Phi) is 8.68. The van der Waals surface area contributed by atoms with E-state index in [9.17, 15) is 0 Å². The number of hydrogen-bond acceptors (Lipinski definition) is 5. The number of benzene rings is 10. The number of fused-ring (bicyclic) bond motifs is 8. The van der Waals surface area contributed by atoms with Crippen LogP contribution in [0.3, 0.4) is 0 Å². The molecule has 0 saturated heterocycles. The number of hydrogen-bond donors (Lipinski definition) is 0. The normalized spacial score (nSPS) is 13.2. The van der Waals surface area contributed by atoms with Crippen LogP contribution in [0.2, 0.25) is 0 Å². The maximum absolute atomic E-state index is 7.15. The topological polar surface area (TPSA) is 24.9 Å². The van der Waals surface area contributed by atoms with Crippen molar-refractivity contribution in [3.8, 4) is 45.3 Å². The maximum atomic E-state index is 7.15. The summed E-state index contributed by atoms with van der Waals surface area (Å²) in [7, 11) is 0. The quantitative estimate of drug-likeness (QED) is 0.155. The van der Waals surface area contributed by atoms with Gasteiger partial charge in [0.05, 0.1) is 11.4 Å². The van der Waals surface area contributed by atoms with E-state index in [1.165, 1.54) is 37.2 Å². The minimum absolute atomic E-state index is 0.0185. The molecule has 312 valence electrons. The summed E-state index contributed by atoms with van der Waals surface area (Å²) in [4.78, 5) is 7.33. The third kappa shape index (κ3) is 6.05. The van der Waals surface area contributed by atoms with Crippen LogP contribution in [0.15, 0.2) is 240 Å². The van der Waals surface area contributed by atoms with Crippen LogP contribution in [-0.2, 0) is 0 Å². The highest BCUT2D eigenvalue weighted by Crippen LogP contribution is 2.49. The van der Waals surface area contributed by atoms with E-state index in [1.807, 2.05) is 11.8 Å². The number of rotatable bonds is 6. The van der Waals surface area contributed by atoms with Crippen molar-refractivity contribution in [2.75, 3.05) is 9.80 Å². The molecule has 0 N–H and O–H groups in total. The zero-order valence-electron chi connectivity index (χ0n) is 36.2. The molecule has 0 spiro atoms. The molecule has 4 heterocycles. The lowest BCUT2D eigenvalue weighted by molar-refractivity contribution is 0.486. The first-order valence-electron chi connectivity index (χ1n) is 22.9. The number of para-hydroxylation sites is 5. The Bertz CT molecular complexity index is 3550. The Morgan fingerprint density at radius 3 is 1.57 bits per heavy atom. The number of nitrogens with zero attached hydrogens (tertiary/aromatic N) is 2. The van der Waals surface area contributed by atoms with Gasteiger partial charge in [0.1, 0.15) is 23.0 Å². The molecule has 0 fully saturated rings. The van der Waals surface area contributed by atoms with Crippen LogP contribution in [0, 0.1) is 0 Å². The molecule has 0 bridgehead atoms. The Hall–Kier alpha value is -8.12. The molecule has 4 aliphatic rings. The Balaban J connectivity index is 1.07. The highest BCUT2D eigenvalue weighted by Gasteiger charge is 2.46. The first-order chi connectivity index (χ1) is 33.2. The number of anilines is 6. The van der Waals surface area contributed by atoms with Gasteiger partial charge in [-0.2, -0.15) is 0 Å². The van der Waals surface area contributed by atoms with Gasteiger partial charge in [-0.05, 0) is 111 Å². The van der Waals surface area contributed by atoms with Gasteiger partial charge >= 0.3 is 0 Å². The van der Waals surface area contributed by atoms with Crippen molar-refractivity contribution in [1.82, 2.24) is 0 Å². The highest BCUT2D eigenvalue weighted by molar-refractivity contribution is 8.00. The second kappa shape index (κ2) is 15.2. The largest absolute Gasteiger partial charge is 0.458 e. The predicted octanol–water partition coefficient (Wildman–Crippen LogP) is 12.0. The van der Waals surface area contributed by atoms with Gasteiger partial charge in [0.25, 0.3) is 13.4 Å². The van der Waals surface area contributed by atoms with Crippen molar-refractivity contribution in [1.29, 1.82) is 0 Å². The minimum atomic E-state index is -0.104. The van der Waals surface area contributed by atoms with E-state index in [0.29, 0.717) is 0 Å². The molecule has 7 heteroatoms. The molecule has 10 aromatic rings. The molecule has 0 aliphatic carbocycles. The fourth-order valence-corrected chi connectivity index (χ4v) is 12.2. The number of ether oxygens (including phenoxy) is 2. The smallest absolute Gasteiger partial charge is 0.256 e. The Morgan fingerprint density at radius 1 is 0.343 bits per heavy atom. The van der Waals surface area contributed by atoms with E-state index in [-0.39, 0.29) is 13.4 Å². The van der Waals surface area contributed by atoms with E-state index < -0.39 is 0 Å². The van der Waals surface area contributed by atoms with E-state index in [0.717, 1.165) is 84.7 Å². The molecule has 4 nitrogen and oxygen atoms in total. The van der Waals surface area contributed by atoms with Crippen molar-refractivity contribution in [2.45, 2.75) is 9.79 Å². The van der Waals surface area contributed by atoms with Gasteiger partial charge < -0.3 is 19.3 Å². The molecule has 0 radical (unpaired) electrons. The fraction of sp³-hybridized carbons (Fsp3) is 0. The first kappa shape index (κ1) is 38.2. The van der Waals surface area contributed by atoms with E-state index in [1.54, 1.807) is 0 Å². The molecule has 10 aromatic carbocycles. The summed E-state index contributed by atoms with van der Waals surface area (Å²) >= 11 is 1.86. The fourth-order valence-electron chi connectivity index (χ4n) is 10.9. The van der Waals surface area contributed by atoms with Gasteiger partial charge in [-0.25, -0.2) is 0 Å². The Morgan fingerprint density at radius 2 is 0.896 bits per heavy atom. The molecule has 0 saturated carbocycles. The lowest BCUT2D eigenvalue weighted by Gasteiger charge is -2.43. The minimum Gasteiger partial charge on any atom is -0.458 e. The lowest BCUT2D eigenvalue weighted by Crippen LogP contribution is -2.63. The molecule has 0 atom stereocenters. The van der Waals surface area contributed by atoms with Crippen LogP contribution in [0.4, 0.5) is 34.1 Å². The standard InChI is InChI=1S/C60H38B2N2O2S/c1-5-19-39(20-6-1)41-33-55-60-58(34-41)67-57-38-51-48(37-49(57)62(60)47-29-15-18-32-54(47)65-55)61-46-28-14-17-31-53(46)66-56-36-44(63(42-23-9-3-10-24-42)43-25-11-4-12-26-43)35-52(59(56)61)64(51)50-30-16-13-27-45(50)40-21-7-2-8-22-40/h1-38H. The van der Waals surface area contributed by atoms with Gasteiger partial charge in [-0.3, -0.25) is 0 Å². The molecular formula is C60H38B2N2O2S. The lowest BCUT2D eigenvalue weighted by atomic mass is 9.31. The van der Waals surface area contributed by atoms with Gasteiger partial charge in [0.2, 0.25) is 0 Å². The van der Waals surface area contributed by atoms with Crippen LogP contribution in [0.1, 0.15) is 0 Å². The van der Waals surface area contributed by atoms with Crippen LogP contribution < -0.4 is 52.1 Å². The van der Waals surface area contributed by atoms with Crippen LogP contribution in [0.25, 0.3) is 22.3 Å². The van der Waals surface area contributed by atoms with Crippen molar-refractivity contribution >= 4 is 92.1 Å². The summed E-state index contributed by atoms with van der Waals surface area (Å²) in [5.74, 6) is 3.56. The summed E-state index contributed by atoms with van der Waals surface area (Å²) in [6.45, 7) is -0.122. The van der Waals surface area contributed by atoms with Crippen molar-refractivity contribution in [3.05, 3.63) is 231 Å². The molecule has 0 amide bonds. The highest BCUT2D eigenvalue weighted by atomic mass is 32.2. The SMILES string of the molecule is c1ccc(-c2cc3c4c(c2)Sc2cc5c(cc2B4c2ccccc2O3)B2c3ccccc3Oc3cc(N(c4ccccc4)c4ccccc4)cc(c32)N5c2ccccc2-c2ccccc2)cc1. The van der Waals surface area contributed by atoms with E-state index in [4.69, 9.17) is 9.47 Å². The second-order valence-corrected chi connectivity index (χ2v) is 18.6. The van der Waals surface area contributed by atoms with Gasteiger partial charge in [0, 0.05) is 44.2 Å².